The van der Waals surface area contributed by atoms with E-state index in [1.165, 1.54) is 18.2 Å². The van der Waals surface area contributed by atoms with Crippen molar-refractivity contribution in [1.29, 1.82) is 5.26 Å². The summed E-state index contributed by atoms with van der Waals surface area (Å²) in [6.45, 7) is 0. The molecule has 1 fully saturated rings. The topological polar surface area (TPSA) is 130 Å². The van der Waals surface area contributed by atoms with Crippen molar-refractivity contribution in [1.82, 2.24) is 5.48 Å². The van der Waals surface area contributed by atoms with Gasteiger partial charge in [0.1, 0.15) is 12.0 Å². The first-order valence-electron chi connectivity index (χ1n) is 8.78. The standard InChI is InChI=1S/C19H17ClN2O6S/c1-29(26,27)15-6-5-11(19(25)17-13(23)3-2-4-14(17)24)18(20)16(15)12-9-10(7-8-21)28-22-12/h5-6,9-10,17,22H,2-4,7H2,1H3. The highest BCUT2D eigenvalue weighted by Gasteiger charge is 2.38. The fraction of sp³-hybridized carbons (Fsp3) is 0.368. The highest BCUT2D eigenvalue weighted by Crippen LogP contribution is 2.36. The normalized spacial score (nSPS) is 20.2. The summed E-state index contributed by atoms with van der Waals surface area (Å²) in [6.07, 6.45) is 2.54. The second-order valence-electron chi connectivity index (χ2n) is 6.86. The first-order valence-corrected chi connectivity index (χ1v) is 11.0. The summed E-state index contributed by atoms with van der Waals surface area (Å²) < 4.78 is 24.5. The Bertz CT molecular complexity index is 1070. The molecule has 2 aliphatic rings. The van der Waals surface area contributed by atoms with Crippen LogP contribution in [0, 0.1) is 17.2 Å². The average Bonchev–Trinajstić information content (AvgIpc) is 3.08. The third kappa shape index (κ3) is 4.10. The maximum atomic E-state index is 12.9. The largest absolute Gasteiger partial charge is 0.298 e. The van der Waals surface area contributed by atoms with Crippen LogP contribution in [-0.2, 0) is 24.3 Å². The molecule has 10 heteroatoms. The Morgan fingerprint density at radius 3 is 2.55 bits per heavy atom. The Balaban J connectivity index is 2.14. The third-order valence-corrected chi connectivity index (χ3v) is 6.29. The summed E-state index contributed by atoms with van der Waals surface area (Å²) in [5, 5.41) is 8.61. The smallest absolute Gasteiger partial charge is 0.182 e. The van der Waals surface area contributed by atoms with Gasteiger partial charge in [0.05, 0.1) is 28.1 Å². The number of nitrogens with zero attached hydrogens (tertiary/aromatic N) is 1. The second kappa shape index (κ2) is 8.06. The number of rotatable bonds is 5. The number of hydrogen-bond acceptors (Lipinski definition) is 8. The summed E-state index contributed by atoms with van der Waals surface area (Å²) in [6, 6.07) is 4.35. The fourth-order valence-electron chi connectivity index (χ4n) is 3.38. The first-order chi connectivity index (χ1) is 13.6. The Morgan fingerprint density at radius 2 is 1.97 bits per heavy atom. The van der Waals surface area contributed by atoms with Crippen molar-refractivity contribution in [3.8, 4) is 6.07 Å². The van der Waals surface area contributed by atoms with Gasteiger partial charge in [-0.3, -0.25) is 24.7 Å². The number of nitrogens with one attached hydrogen (secondary N) is 1. The lowest BCUT2D eigenvalue weighted by Gasteiger charge is -2.20. The Hall–Kier alpha value is -2.54. The van der Waals surface area contributed by atoms with Gasteiger partial charge in [-0.15, -0.1) is 0 Å². The molecule has 0 amide bonds. The number of sulfone groups is 1. The molecule has 1 aliphatic carbocycles. The van der Waals surface area contributed by atoms with Crippen molar-refractivity contribution in [3.63, 3.8) is 0 Å². The van der Waals surface area contributed by atoms with Crippen LogP contribution < -0.4 is 5.48 Å². The molecule has 1 aromatic rings. The van der Waals surface area contributed by atoms with Crippen LogP contribution >= 0.6 is 11.6 Å². The lowest BCUT2D eigenvalue weighted by molar-refractivity contribution is -0.133. The van der Waals surface area contributed by atoms with Crippen molar-refractivity contribution >= 4 is 44.5 Å². The summed E-state index contributed by atoms with van der Waals surface area (Å²) in [4.78, 5) is 42.3. The van der Waals surface area contributed by atoms with E-state index in [0.717, 1.165) is 6.26 Å². The van der Waals surface area contributed by atoms with Crippen LogP contribution in [0.1, 0.15) is 41.6 Å². The zero-order chi connectivity index (χ0) is 21.3. The van der Waals surface area contributed by atoms with E-state index in [-0.39, 0.29) is 46.0 Å². The quantitative estimate of drug-likeness (QED) is 0.548. The number of hydroxylamine groups is 1. The van der Waals surface area contributed by atoms with Crippen molar-refractivity contribution in [3.05, 3.63) is 34.4 Å². The van der Waals surface area contributed by atoms with Gasteiger partial charge >= 0.3 is 0 Å². The molecular weight excluding hydrogens is 420 g/mol. The SMILES string of the molecule is CS(=O)(=O)c1ccc(C(=O)C2C(=O)CCCC2=O)c(Cl)c1C1=CC(CC#N)ON1. The number of halogens is 1. The van der Waals surface area contributed by atoms with E-state index in [1.54, 1.807) is 0 Å². The fourth-order valence-corrected chi connectivity index (χ4v) is 4.69. The predicted molar refractivity (Wildman–Crippen MR) is 102 cm³/mol. The number of benzene rings is 1. The van der Waals surface area contributed by atoms with E-state index < -0.39 is 39.2 Å². The summed E-state index contributed by atoms with van der Waals surface area (Å²) in [5.74, 6) is -3.11. The molecule has 0 bridgehead atoms. The molecule has 0 aromatic heterocycles. The van der Waals surface area contributed by atoms with Gasteiger partial charge in [-0.05, 0) is 24.6 Å². The summed E-state index contributed by atoms with van der Waals surface area (Å²) in [5.41, 5.74) is 2.61. The summed E-state index contributed by atoms with van der Waals surface area (Å²) >= 11 is 6.43. The number of Topliss-reactive ketones (excluding diaryl/α,β-unsaturated/α-hetero) is 3. The molecule has 0 spiro atoms. The minimum absolute atomic E-state index is 0.00355. The maximum Gasteiger partial charge on any atom is 0.182 e. The second-order valence-corrected chi connectivity index (χ2v) is 9.22. The number of nitriles is 1. The zero-order valence-electron chi connectivity index (χ0n) is 15.4. The molecular formula is C19H17ClN2O6S. The molecule has 1 unspecified atom stereocenters. The van der Waals surface area contributed by atoms with E-state index >= 15 is 0 Å². The number of carbonyl (C=O) groups is 3. The minimum Gasteiger partial charge on any atom is -0.298 e. The van der Waals surface area contributed by atoms with Crippen molar-refractivity contribution in [2.45, 2.75) is 36.7 Å². The Morgan fingerprint density at radius 1 is 1.31 bits per heavy atom. The lowest BCUT2D eigenvalue weighted by Crippen LogP contribution is -2.35. The van der Waals surface area contributed by atoms with Crippen LogP contribution in [0.3, 0.4) is 0 Å². The Kier molecular flexibility index (Phi) is 5.89. The number of ketones is 3. The van der Waals surface area contributed by atoms with Crippen molar-refractivity contribution in [2.24, 2.45) is 5.92 Å². The Labute approximate surface area is 172 Å². The molecule has 1 aromatic carbocycles. The maximum absolute atomic E-state index is 12.9. The monoisotopic (exact) mass is 436 g/mol. The van der Waals surface area contributed by atoms with Crippen LogP contribution in [0.5, 0.6) is 0 Å². The molecule has 8 nitrogen and oxygen atoms in total. The van der Waals surface area contributed by atoms with E-state index in [2.05, 4.69) is 5.48 Å². The van der Waals surface area contributed by atoms with Gasteiger partial charge in [0, 0.05) is 30.2 Å². The lowest BCUT2D eigenvalue weighted by atomic mass is 9.81. The molecule has 3 rings (SSSR count). The van der Waals surface area contributed by atoms with Crippen LogP contribution in [0.25, 0.3) is 5.70 Å². The van der Waals surface area contributed by atoms with Gasteiger partial charge < -0.3 is 0 Å². The van der Waals surface area contributed by atoms with Gasteiger partial charge in [0.15, 0.2) is 27.2 Å². The first kappa shape index (κ1) is 21.2. The van der Waals surface area contributed by atoms with Crippen LogP contribution in [0.2, 0.25) is 5.02 Å². The van der Waals surface area contributed by atoms with E-state index in [1.807, 2.05) is 6.07 Å². The molecule has 1 saturated carbocycles. The van der Waals surface area contributed by atoms with Crippen LogP contribution in [-0.4, -0.2) is 38.1 Å². The molecule has 152 valence electrons. The van der Waals surface area contributed by atoms with E-state index in [0.29, 0.717) is 6.42 Å². The molecule has 1 heterocycles. The summed E-state index contributed by atoms with van der Waals surface area (Å²) in [7, 11) is -3.74. The van der Waals surface area contributed by atoms with Crippen molar-refractivity contribution < 1.29 is 27.6 Å². The van der Waals surface area contributed by atoms with Crippen molar-refractivity contribution in [2.75, 3.05) is 6.26 Å². The van der Waals surface area contributed by atoms with Gasteiger partial charge in [-0.1, -0.05) is 11.6 Å². The van der Waals surface area contributed by atoms with Gasteiger partial charge in [0.25, 0.3) is 0 Å². The molecule has 0 saturated heterocycles. The molecule has 1 atom stereocenters. The number of carbonyl (C=O) groups excluding carboxylic acids is 3. The van der Waals surface area contributed by atoms with Gasteiger partial charge in [-0.2, -0.15) is 5.26 Å². The average molecular weight is 437 g/mol. The molecule has 1 aliphatic heterocycles. The van der Waals surface area contributed by atoms with E-state index in [4.69, 9.17) is 21.7 Å². The zero-order valence-corrected chi connectivity index (χ0v) is 17.0. The molecule has 0 radical (unpaired) electrons. The van der Waals surface area contributed by atoms with Crippen LogP contribution in [0.15, 0.2) is 23.1 Å². The van der Waals surface area contributed by atoms with E-state index in [9.17, 15) is 22.8 Å². The van der Waals surface area contributed by atoms with Gasteiger partial charge in [-0.25, -0.2) is 8.42 Å². The highest BCUT2D eigenvalue weighted by molar-refractivity contribution is 7.90. The van der Waals surface area contributed by atoms with Crippen LogP contribution in [0.4, 0.5) is 0 Å². The minimum atomic E-state index is -3.74. The third-order valence-electron chi connectivity index (χ3n) is 4.76. The number of hydrogen-bond donors (Lipinski definition) is 1. The predicted octanol–water partition coefficient (Wildman–Crippen LogP) is 2.02. The molecule has 1 N–H and O–H groups in total. The highest BCUT2D eigenvalue weighted by atomic mass is 35.5. The van der Waals surface area contributed by atoms with Gasteiger partial charge in [0.2, 0.25) is 0 Å². The molecule has 29 heavy (non-hydrogen) atoms.